The van der Waals surface area contributed by atoms with Crippen LogP contribution in [0.15, 0.2) is 0 Å². The van der Waals surface area contributed by atoms with Crippen LogP contribution < -0.4 is 5.32 Å². The number of amides is 2. The first-order valence-electron chi connectivity index (χ1n) is 6.02. The summed E-state index contributed by atoms with van der Waals surface area (Å²) in [5, 5.41) is 11.4. The first-order chi connectivity index (χ1) is 8.04. The lowest BCUT2D eigenvalue weighted by molar-refractivity contribution is -0.140. The van der Waals surface area contributed by atoms with Crippen LogP contribution in [0.3, 0.4) is 0 Å². The third-order valence-corrected chi connectivity index (χ3v) is 3.09. The third-order valence-electron chi connectivity index (χ3n) is 3.09. The van der Waals surface area contributed by atoms with Gasteiger partial charge in [0.2, 0.25) is 0 Å². The van der Waals surface area contributed by atoms with Crippen molar-refractivity contribution < 1.29 is 14.7 Å². The lowest BCUT2D eigenvalue weighted by Crippen LogP contribution is -2.52. The number of piperazine rings is 1. The first-order valence-corrected chi connectivity index (χ1v) is 6.02. The zero-order valence-electron chi connectivity index (χ0n) is 10.5. The third kappa shape index (κ3) is 4.22. The number of aliphatic carboxylic acids is 1. The number of rotatable bonds is 4. The second kappa shape index (κ2) is 6.44. The van der Waals surface area contributed by atoms with E-state index in [9.17, 15) is 9.59 Å². The molecular weight excluding hydrogens is 222 g/mol. The van der Waals surface area contributed by atoms with Crippen molar-refractivity contribution in [3.8, 4) is 0 Å². The van der Waals surface area contributed by atoms with Gasteiger partial charge in [0.25, 0.3) is 0 Å². The molecule has 0 bridgehead atoms. The van der Waals surface area contributed by atoms with Crippen LogP contribution in [-0.2, 0) is 4.79 Å². The van der Waals surface area contributed by atoms with E-state index in [1.54, 1.807) is 11.8 Å². The highest BCUT2D eigenvalue weighted by molar-refractivity contribution is 5.76. The molecule has 98 valence electrons. The van der Waals surface area contributed by atoms with Crippen LogP contribution in [0.2, 0.25) is 0 Å². The summed E-state index contributed by atoms with van der Waals surface area (Å²) >= 11 is 0. The van der Waals surface area contributed by atoms with Crippen LogP contribution in [0, 0.1) is 5.92 Å². The predicted octanol–water partition coefficient (Wildman–Crippen LogP) is 0.0542. The van der Waals surface area contributed by atoms with E-state index in [-0.39, 0.29) is 12.6 Å². The summed E-state index contributed by atoms with van der Waals surface area (Å²) in [5.74, 6) is -1.43. The van der Waals surface area contributed by atoms with E-state index in [1.165, 1.54) is 0 Å². The Kier molecular flexibility index (Phi) is 5.21. The molecule has 0 spiro atoms. The highest BCUT2D eigenvalue weighted by Crippen LogP contribution is 2.01. The largest absolute Gasteiger partial charge is 0.481 e. The molecule has 1 fully saturated rings. The average molecular weight is 243 g/mol. The van der Waals surface area contributed by atoms with Crippen LogP contribution in [0.1, 0.15) is 13.8 Å². The lowest BCUT2D eigenvalue weighted by atomic mass is 10.2. The SMILES string of the molecule is CCN1CCN(C(=O)NCC(C)C(=O)O)CC1. The van der Waals surface area contributed by atoms with Crippen molar-refractivity contribution in [1.29, 1.82) is 0 Å². The zero-order valence-corrected chi connectivity index (χ0v) is 10.5. The molecular formula is C11H21N3O3. The minimum absolute atomic E-state index is 0.158. The van der Waals surface area contributed by atoms with E-state index in [0.717, 1.165) is 19.6 Å². The Bertz CT molecular complexity index is 275. The number of urea groups is 1. The van der Waals surface area contributed by atoms with Gasteiger partial charge in [0.15, 0.2) is 0 Å². The van der Waals surface area contributed by atoms with Crippen LogP contribution in [-0.4, -0.2) is 66.2 Å². The van der Waals surface area contributed by atoms with E-state index in [0.29, 0.717) is 13.1 Å². The first kappa shape index (κ1) is 13.8. The Labute approximate surface area is 102 Å². The molecule has 2 N–H and O–H groups in total. The predicted molar refractivity (Wildman–Crippen MR) is 63.9 cm³/mol. The zero-order chi connectivity index (χ0) is 12.8. The molecule has 1 saturated heterocycles. The summed E-state index contributed by atoms with van der Waals surface area (Å²) < 4.78 is 0. The fraction of sp³-hybridized carbons (Fsp3) is 0.818. The maximum atomic E-state index is 11.7. The molecule has 0 aromatic carbocycles. The average Bonchev–Trinajstić information content (AvgIpc) is 2.35. The quantitative estimate of drug-likeness (QED) is 0.732. The van der Waals surface area contributed by atoms with Crippen LogP contribution in [0.5, 0.6) is 0 Å². The number of carbonyl (C=O) groups excluding carboxylic acids is 1. The number of hydrogen-bond acceptors (Lipinski definition) is 3. The van der Waals surface area contributed by atoms with Crippen LogP contribution in [0.25, 0.3) is 0 Å². The number of nitrogens with one attached hydrogen (secondary N) is 1. The Morgan fingerprint density at radius 1 is 1.29 bits per heavy atom. The molecule has 0 aliphatic carbocycles. The molecule has 0 saturated carbocycles. The van der Waals surface area contributed by atoms with Gasteiger partial charge in [-0.3, -0.25) is 4.79 Å². The summed E-state index contributed by atoms with van der Waals surface area (Å²) in [4.78, 5) is 26.3. The van der Waals surface area contributed by atoms with Crippen molar-refractivity contribution >= 4 is 12.0 Å². The van der Waals surface area contributed by atoms with Crippen LogP contribution in [0.4, 0.5) is 4.79 Å². The molecule has 1 unspecified atom stereocenters. The molecule has 1 atom stereocenters. The van der Waals surface area contributed by atoms with E-state index < -0.39 is 11.9 Å². The van der Waals surface area contributed by atoms with Crippen molar-refractivity contribution in [1.82, 2.24) is 15.1 Å². The highest BCUT2D eigenvalue weighted by atomic mass is 16.4. The summed E-state index contributed by atoms with van der Waals surface area (Å²) in [6, 6.07) is -0.158. The second-order valence-corrected chi connectivity index (χ2v) is 4.35. The van der Waals surface area contributed by atoms with Gasteiger partial charge in [-0.1, -0.05) is 13.8 Å². The fourth-order valence-electron chi connectivity index (χ4n) is 1.71. The molecule has 0 aromatic heterocycles. The van der Waals surface area contributed by atoms with Gasteiger partial charge < -0.3 is 20.2 Å². The van der Waals surface area contributed by atoms with Gasteiger partial charge in [-0.25, -0.2) is 4.79 Å². The monoisotopic (exact) mass is 243 g/mol. The van der Waals surface area contributed by atoms with E-state index in [1.807, 2.05) is 0 Å². The van der Waals surface area contributed by atoms with Gasteiger partial charge in [-0.2, -0.15) is 0 Å². The Balaban J connectivity index is 2.27. The summed E-state index contributed by atoms with van der Waals surface area (Å²) in [6.45, 7) is 8.06. The molecule has 17 heavy (non-hydrogen) atoms. The van der Waals surface area contributed by atoms with Gasteiger partial charge >= 0.3 is 12.0 Å². The topological polar surface area (TPSA) is 72.9 Å². The minimum atomic E-state index is -0.888. The molecule has 6 nitrogen and oxygen atoms in total. The number of carboxylic acids is 1. The summed E-state index contributed by atoms with van der Waals surface area (Å²) in [7, 11) is 0. The molecule has 2 amide bonds. The smallest absolute Gasteiger partial charge is 0.317 e. The number of likely N-dealkylation sites (N-methyl/N-ethyl adjacent to an activating group) is 1. The van der Waals surface area contributed by atoms with Gasteiger partial charge in [0.1, 0.15) is 0 Å². The number of carbonyl (C=O) groups is 2. The van der Waals surface area contributed by atoms with Crippen molar-refractivity contribution in [2.24, 2.45) is 5.92 Å². The lowest BCUT2D eigenvalue weighted by Gasteiger charge is -2.34. The second-order valence-electron chi connectivity index (χ2n) is 4.35. The van der Waals surface area contributed by atoms with E-state index in [4.69, 9.17) is 5.11 Å². The molecule has 1 aliphatic rings. The Morgan fingerprint density at radius 2 is 1.88 bits per heavy atom. The molecule has 1 aliphatic heterocycles. The van der Waals surface area contributed by atoms with Crippen molar-refractivity contribution in [2.45, 2.75) is 13.8 Å². The van der Waals surface area contributed by atoms with Crippen LogP contribution >= 0.6 is 0 Å². The molecule has 0 radical (unpaired) electrons. The number of hydrogen-bond donors (Lipinski definition) is 2. The fourth-order valence-corrected chi connectivity index (χ4v) is 1.71. The number of nitrogens with zero attached hydrogens (tertiary/aromatic N) is 2. The number of carboxylic acid groups (broad SMARTS) is 1. The normalized spacial score (nSPS) is 18.8. The maximum Gasteiger partial charge on any atom is 0.317 e. The van der Waals surface area contributed by atoms with Gasteiger partial charge in [0, 0.05) is 32.7 Å². The summed E-state index contributed by atoms with van der Waals surface area (Å²) in [6.07, 6.45) is 0. The van der Waals surface area contributed by atoms with Gasteiger partial charge in [-0.15, -0.1) is 0 Å². The molecule has 0 aromatic rings. The highest BCUT2D eigenvalue weighted by Gasteiger charge is 2.21. The minimum Gasteiger partial charge on any atom is -0.481 e. The van der Waals surface area contributed by atoms with E-state index >= 15 is 0 Å². The standard InChI is InChI=1S/C11H21N3O3/c1-3-13-4-6-14(7-5-13)11(17)12-8-9(2)10(15)16/h9H,3-8H2,1-2H3,(H,12,17)(H,15,16). The maximum absolute atomic E-state index is 11.7. The van der Waals surface area contributed by atoms with Gasteiger partial charge in [0.05, 0.1) is 5.92 Å². The van der Waals surface area contributed by atoms with Gasteiger partial charge in [-0.05, 0) is 6.54 Å². The molecule has 1 heterocycles. The molecule has 6 heteroatoms. The van der Waals surface area contributed by atoms with E-state index in [2.05, 4.69) is 17.1 Å². The molecule has 1 rings (SSSR count). The van der Waals surface area contributed by atoms with Crippen molar-refractivity contribution in [3.63, 3.8) is 0 Å². The Morgan fingerprint density at radius 3 is 2.35 bits per heavy atom. The summed E-state index contributed by atoms with van der Waals surface area (Å²) in [5.41, 5.74) is 0. The van der Waals surface area contributed by atoms with Crippen molar-refractivity contribution in [2.75, 3.05) is 39.3 Å². The van der Waals surface area contributed by atoms with Crippen molar-refractivity contribution in [3.05, 3.63) is 0 Å². The Hall–Kier alpha value is -1.30.